The summed E-state index contributed by atoms with van der Waals surface area (Å²) in [6, 6.07) is 19.9. The molecule has 2 saturated heterocycles. The first-order valence-electron chi connectivity index (χ1n) is 13.2. The number of benzene rings is 3. The highest BCUT2D eigenvalue weighted by Crippen LogP contribution is 2.21. The Bertz CT molecular complexity index is 1290. The standard InChI is InChI=1S/C30H30N4O6/c35-27(31-25-7-3-1-5-23(25)29(37)33-13-17-39-18-14-33)21-9-11-22(12-10-21)28(36)32-26-8-4-2-6-24(26)30(38)34-15-19-40-20-16-34/h1-12H,13-20H2,(H,31,35)(H,32,36). The molecule has 2 N–H and O–H groups in total. The van der Waals surface area contributed by atoms with Crippen LogP contribution in [0.5, 0.6) is 0 Å². The van der Waals surface area contributed by atoms with Gasteiger partial charge in [-0.15, -0.1) is 0 Å². The minimum absolute atomic E-state index is 0.168. The largest absolute Gasteiger partial charge is 0.378 e. The molecule has 206 valence electrons. The summed E-state index contributed by atoms with van der Waals surface area (Å²) in [7, 11) is 0. The summed E-state index contributed by atoms with van der Waals surface area (Å²) >= 11 is 0. The summed E-state index contributed by atoms with van der Waals surface area (Å²) in [5, 5.41) is 5.63. The van der Waals surface area contributed by atoms with Crippen molar-refractivity contribution in [3.63, 3.8) is 0 Å². The number of anilines is 2. The fraction of sp³-hybridized carbons (Fsp3) is 0.267. The van der Waals surface area contributed by atoms with E-state index in [9.17, 15) is 19.2 Å². The summed E-state index contributed by atoms with van der Waals surface area (Å²) in [5.41, 5.74) is 2.28. The number of nitrogens with zero attached hydrogens (tertiary/aromatic N) is 2. The van der Waals surface area contributed by atoms with Crippen molar-refractivity contribution in [2.24, 2.45) is 0 Å². The van der Waals surface area contributed by atoms with Gasteiger partial charge in [0.1, 0.15) is 0 Å². The number of morpholine rings is 2. The Morgan fingerprint density at radius 2 is 0.875 bits per heavy atom. The molecule has 10 heteroatoms. The van der Waals surface area contributed by atoms with Gasteiger partial charge >= 0.3 is 0 Å². The van der Waals surface area contributed by atoms with Crippen LogP contribution in [-0.4, -0.2) is 86.0 Å². The Labute approximate surface area is 231 Å². The van der Waals surface area contributed by atoms with Crippen LogP contribution in [0.15, 0.2) is 72.8 Å². The van der Waals surface area contributed by atoms with Crippen molar-refractivity contribution in [1.82, 2.24) is 9.80 Å². The van der Waals surface area contributed by atoms with Gasteiger partial charge in [-0.2, -0.15) is 0 Å². The first-order chi connectivity index (χ1) is 19.5. The van der Waals surface area contributed by atoms with Gasteiger partial charge in [-0.25, -0.2) is 0 Å². The highest BCUT2D eigenvalue weighted by atomic mass is 16.5. The monoisotopic (exact) mass is 542 g/mol. The van der Waals surface area contributed by atoms with E-state index in [0.29, 0.717) is 86.2 Å². The van der Waals surface area contributed by atoms with Crippen LogP contribution >= 0.6 is 0 Å². The molecule has 2 fully saturated rings. The van der Waals surface area contributed by atoms with Crippen LogP contribution in [0, 0.1) is 0 Å². The van der Waals surface area contributed by atoms with Crippen LogP contribution in [0.25, 0.3) is 0 Å². The molecule has 4 amide bonds. The average molecular weight is 543 g/mol. The average Bonchev–Trinajstić information content (AvgIpc) is 3.02. The number of para-hydroxylation sites is 2. The van der Waals surface area contributed by atoms with Gasteiger partial charge in [-0.1, -0.05) is 24.3 Å². The molecule has 2 heterocycles. The number of carbonyl (C=O) groups excluding carboxylic acids is 4. The summed E-state index contributed by atoms with van der Waals surface area (Å²) in [5.74, 6) is -1.15. The van der Waals surface area contributed by atoms with Gasteiger partial charge in [0, 0.05) is 37.3 Å². The quantitative estimate of drug-likeness (QED) is 0.494. The molecule has 0 saturated carbocycles. The SMILES string of the molecule is O=C(Nc1ccccc1C(=O)N1CCOCC1)c1ccc(C(=O)Nc2ccccc2C(=O)N2CCOCC2)cc1. The zero-order valence-electron chi connectivity index (χ0n) is 21.9. The van der Waals surface area contributed by atoms with Crippen molar-refractivity contribution in [2.75, 3.05) is 63.2 Å². The number of rotatable bonds is 6. The fourth-order valence-electron chi connectivity index (χ4n) is 4.59. The number of ether oxygens (including phenoxy) is 2. The van der Waals surface area contributed by atoms with E-state index < -0.39 is 11.8 Å². The van der Waals surface area contributed by atoms with Crippen molar-refractivity contribution >= 4 is 35.0 Å². The third-order valence-corrected chi connectivity index (χ3v) is 6.82. The van der Waals surface area contributed by atoms with Gasteiger partial charge in [0.05, 0.1) is 48.9 Å². The molecule has 0 unspecified atom stereocenters. The predicted molar refractivity (Wildman–Crippen MR) is 149 cm³/mol. The Morgan fingerprint density at radius 3 is 1.25 bits per heavy atom. The summed E-state index contributed by atoms with van der Waals surface area (Å²) in [6.45, 7) is 3.91. The Balaban J connectivity index is 1.25. The maximum absolute atomic E-state index is 13.0. The number of hydrogen-bond donors (Lipinski definition) is 2. The molecule has 3 aromatic rings. The first-order valence-corrected chi connectivity index (χ1v) is 13.2. The molecule has 0 atom stereocenters. The van der Waals surface area contributed by atoms with E-state index in [-0.39, 0.29) is 11.8 Å². The second kappa shape index (κ2) is 12.5. The van der Waals surface area contributed by atoms with E-state index in [2.05, 4.69) is 10.6 Å². The van der Waals surface area contributed by atoms with Gasteiger partial charge in [0.25, 0.3) is 23.6 Å². The van der Waals surface area contributed by atoms with Crippen LogP contribution in [0.2, 0.25) is 0 Å². The van der Waals surface area contributed by atoms with Crippen molar-refractivity contribution in [3.8, 4) is 0 Å². The lowest BCUT2D eigenvalue weighted by Gasteiger charge is -2.27. The van der Waals surface area contributed by atoms with E-state index in [1.807, 2.05) is 0 Å². The van der Waals surface area contributed by atoms with Gasteiger partial charge in [-0.3, -0.25) is 19.2 Å². The predicted octanol–water partition coefficient (Wildman–Crippen LogP) is 3.14. The van der Waals surface area contributed by atoms with E-state index in [4.69, 9.17) is 9.47 Å². The smallest absolute Gasteiger partial charge is 0.256 e. The lowest BCUT2D eigenvalue weighted by molar-refractivity contribution is 0.0302. The van der Waals surface area contributed by atoms with Gasteiger partial charge in [0.2, 0.25) is 0 Å². The zero-order chi connectivity index (χ0) is 27.9. The van der Waals surface area contributed by atoms with Crippen molar-refractivity contribution in [2.45, 2.75) is 0 Å². The van der Waals surface area contributed by atoms with Crippen molar-refractivity contribution in [3.05, 3.63) is 95.1 Å². The fourth-order valence-corrected chi connectivity index (χ4v) is 4.59. The van der Waals surface area contributed by atoms with Crippen molar-refractivity contribution < 1.29 is 28.7 Å². The highest BCUT2D eigenvalue weighted by molar-refractivity contribution is 6.11. The molecule has 3 aromatic carbocycles. The molecular weight excluding hydrogens is 512 g/mol. The first kappa shape index (κ1) is 27.0. The van der Waals surface area contributed by atoms with E-state index in [1.54, 1.807) is 82.6 Å². The third-order valence-electron chi connectivity index (χ3n) is 6.82. The molecule has 0 aromatic heterocycles. The van der Waals surface area contributed by atoms with E-state index >= 15 is 0 Å². The lowest BCUT2D eigenvalue weighted by Crippen LogP contribution is -2.41. The Morgan fingerprint density at radius 1 is 0.525 bits per heavy atom. The molecule has 10 nitrogen and oxygen atoms in total. The molecule has 2 aliphatic heterocycles. The van der Waals surface area contributed by atoms with Crippen LogP contribution < -0.4 is 10.6 Å². The molecule has 5 rings (SSSR count). The molecular formula is C30H30N4O6. The number of nitrogens with one attached hydrogen (secondary N) is 2. The molecule has 2 aliphatic rings. The van der Waals surface area contributed by atoms with Gasteiger partial charge < -0.3 is 29.9 Å². The van der Waals surface area contributed by atoms with Crippen molar-refractivity contribution in [1.29, 1.82) is 0 Å². The van der Waals surface area contributed by atoms with E-state index in [0.717, 1.165) is 0 Å². The Hall–Kier alpha value is -4.54. The topological polar surface area (TPSA) is 117 Å². The van der Waals surface area contributed by atoms with Gasteiger partial charge in [0.15, 0.2) is 0 Å². The number of hydrogen-bond acceptors (Lipinski definition) is 6. The zero-order valence-corrected chi connectivity index (χ0v) is 21.9. The normalized spacial score (nSPS) is 15.3. The maximum Gasteiger partial charge on any atom is 0.256 e. The lowest BCUT2D eigenvalue weighted by atomic mass is 10.1. The molecule has 0 radical (unpaired) electrons. The Kier molecular flexibility index (Phi) is 8.48. The van der Waals surface area contributed by atoms with Crippen LogP contribution in [0.3, 0.4) is 0 Å². The molecule has 0 bridgehead atoms. The third kappa shape index (κ3) is 6.19. The molecule has 0 spiro atoms. The van der Waals surface area contributed by atoms with E-state index in [1.165, 1.54) is 0 Å². The summed E-state index contributed by atoms with van der Waals surface area (Å²) in [6.07, 6.45) is 0. The minimum Gasteiger partial charge on any atom is -0.378 e. The number of amides is 4. The second-order valence-corrected chi connectivity index (χ2v) is 9.39. The van der Waals surface area contributed by atoms with Gasteiger partial charge in [-0.05, 0) is 48.5 Å². The second-order valence-electron chi connectivity index (χ2n) is 9.39. The summed E-state index contributed by atoms with van der Waals surface area (Å²) < 4.78 is 10.7. The van der Waals surface area contributed by atoms with Crippen LogP contribution in [0.4, 0.5) is 11.4 Å². The minimum atomic E-state index is -0.407. The number of carbonyl (C=O) groups is 4. The van der Waals surface area contributed by atoms with Crippen LogP contribution in [0.1, 0.15) is 41.4 Å². The van der Waals surface area contributed by atoms with Crippen LogP contribution in [-0.2, 0) is 9.47 Å². The molecule has 40 heavy (non-hydrogen) atoms. The maximum atomic E-state index is 13.0. The highest BCUT2D eigenvalue weighted by Gasteiger charge is 2.23. The summed E-state index contributed by atoms with van der Waals surface area (Å²) in [4.78, 5) is 55.4. The molecule has 0 aliphatic carbocycles.